The van der Waals surface area contributed by atoms with Gasteiger partial charge in [-0.2, -0.15) is 0 Å². The average molecular weight is 337 g/mol. The number of aryl methyl sites for hydroxylation is 1. The lowest BCUT2D eigenvalue weighted by Gasteiger charge is -2.09. The van der Waals surface area contributed by atoms with E-state index in [0.717, 1.165) is 28.1 Å². The fourth-order valence-electron chi connectivity index (χ4n) is 3.04. The molecule has 0 amide bonds. The van der Waals surface area contributed by atoms with Crippen LogP contribution in [-0.2, 0) is 11.2 Å². The third-order valence-corrected chi connectivity index (χ3v) is 5.68. The smallest absolute Gasteiger partial charge is 0.183 e. The van der Waals surface area contributed by atoms with Gasteiger partial charge < -0.3 is 5.32 Å². The van der Waals surface area contributed by atoms with Crippen molar-refractivity contribution in [2.45, 2.75) is 31.4 Å². The van der Waals surface area contributed by atoms with Crippen LogP contribution in [0.25, 0.3) is 5.57 Å². The quantitative estimate of drug-likeness (QED) is 0.806. The summed E-state index contributed by atoms with van der Waals surface area (Å²) in [5.41, 5.74) is 4.23. The Morgan fingerprint density at radius 3 is 2.58 bits per heavy atom. The number of unbranched alkanes of at least 4 members (excludes halogenated alkanes) is 1. The monoisotopic (exact) mass is 337 g/mol. The Balaban J connectivity index is 1.92. The van der Waals surface area contributed by atoms with Crippen LogP contribution >= 0.6 is 11.8 Å². The van der Waals surface area contributed by atoms with Crippen LogP contribution in [0.15, 0.2) is 59.6 Å². The Labute approximate surface area is 148 Å². The third-order valence-electron chi connectivity index (χ3n) is 4.31. The second-order valence-electron chi connectivity index (χ2n) is 6.03. The number of ketones is 1. The molecule has 124 valence electrons. The maximum absolute atomic E-state index is 13.1. The highest BCUT2D eigenvalue weighted by Crippen LogP contribution is 2.47. The van der Waals surface area contributed by atoms with E-state index in [0.29, 0.717) is 0 Å². The van der Waals surface area contributed by atoms with Crippen LogP contribution in [0.5, 0.6) is 0 Å². The summed E-state index contributed by atoms with van der Waals surface area (Å²) in [6, 6.07) is 18.5. The van der Waals surface area contributed by atoms with Crippen molar-refractivity contribution in [3.63, 3.8) is 0 Å². The van der Waals surface area contributed by atoms with Gasteiger partial charge in [-0.25, -0.2) is 0 Å². The summed E-state index contributed by atoms with van der Waals surface area (Å²) in [5, 5.41) is 4.05. The molecule has 0 aliphatic carbocycles. The molecule has 3 rings (SSSR count). The first-order chi connectivity index (χ1) is 11.7. The second-order valence-corrected chi connectivity index (χ2v) is 7.15. The highest BCUT2D eigenvalue weighted by molar-refractivity contribution is 8.04. The summed E-state index contributed by atoms with van der Waals surface area (Å²) < 4.78 is 0. The molecule has 0 bridgehead atoms. The lowest BCUT2D eigenvalue weighted by atomic mass is 9.95. The van der Waals surface area contributed by atoms with E-state index in [4.69, 9.17) is 0 Å². The molecular weight excluding hydrogens is 314 g/mol. The van der Waals surface area contributed by atoms with E-state index in [1.807, 2.05) is 43.4 Å². The topological polar surface area (TPSA) is 29.1 Å². The number of carbonyl (C=O) groups is 1. The zero-order chi connectivity index (χ0) is 16.9. The van der Waals surface area contributed by atoms with Crippen LogP contribution in [0.1, 0.15) is 41.7 Å². The fourth-order valence-corrected chi connectivity index (χ4v) is 4.25. The van der Waals surface area contributed by atoms with Gasteiger partial charge in [0.05, 0.1) is 15.9 Å². The van der Waals surface area contributed by atoms with Crippen molar-refractivity contribution in [1.29, 1.82) is 0 Å². The van der Waals surface area contributed by atoms with Gasteiger partial charge in [0.2, 0.25) is 0 Å². The van der Waals surface area contributed by atoms with E-state index < -0.39 is 0 Å². The number of allylic oxidation sites excluding steroid dienone is 1. The predicted octanol–water partition coefficient (Wildman–Crippen LogP) is 4.97. The molecule has 1 aliphatic rings. The van der Waals surface area contributed by atoms with Crippen LogP contribution in [0.3, 0.4) is 0 Å². The van der Waals surface area contributed by atoms with Gasteiger partial charge in [0.15, 0.2) is 5.78 Å². The lowest BCUT2D eigenvalue weighted by molar-refractivity contribution is -0.113. The van der Waals surface area contributed by atoms with Crippen LogP contribution < -0.4 is 5.32 Å². The molecule has 1 N–H and O–H groups in total. The van der Waals surface area contributed by atoms with Crippen molar-refractivity contribution < 1.29 is 4.79 Å². The summed E-state index contributed by atoms with van der Waals surface area (Å²) in [6.07, 6.45) is 3.42. The zero-order valence-corrected chi connectivity index (χ0v) is 15.0. The molecule has 1 heterocycles. The summed E-state index contributed by atoms with van der Waals surface area (Å²) >= 11 is 1.62. The van der Waals surface area contributed by atoms with Gasteiger partial charge in [-0.15, -0.1) is 0 Å². The average Bonchev–Trinajstić information content (AvgIpc) is 2.97. The number of thioether (sulfide) groups is 1. The molecule has 2 aromatic rings. The number of rotatable bonds is 6. The highest BCUT2D eigenvalue weighted by Gasteiger charge is 2.35. The van der Waals surface area contributed by atoms with E-state index in [1.54, 1.807) is 11.8 Å². The van der Waals surface area contributed by atoms with Crippen molar-refractivity contribution in [3.8, 4) is 0 Å². The van der Waals surface area contributed by atoms with Gasteiger partial charge >= 0.3 is 0 Å². The largest absolute Gasteiger partial charge is 0.382 e. The maximum atomic E-state index is 13.1. The summed E-state index contributed by atoms with van der Waals surface area (Å²) in [4.78, 5) is 13.1. The Morgan fingerprint density at radius 2 is 1.88 bits per heavy atom. The number of benzene rings is 2. The molecule has 0 spiro atoms. The molecule has 1 atom stereocenters. The van der Waals surface area contributed by atoms with Gasteiger partial charge in [-0.3, -0.25) is 4.79 Å². The predicted molar refractivity (Wildman–Crippen MR) is 103 cm³/mol. The van der Waals surface area contributed by atoms with Crippen molar-refractivity contribution in [3.05, 3.63) is 76.3 Å². The Bertz CT molecular complexity index is 751. The van der Waals surface area contributed by atoms with E-state index in [-0.39, 0.29) is 11.0 Å². The molecule has 0 aromatic heterocycles. The molecule has 1 unspecified atom stereocenters. The molecule has 0 saturated heterocycles. The normalized spacial score (nSPS) is 17.4. The number of hydrogen-bond acceptors (Lipinski definition) is 3. The Hall–Kier alpha value is -2.00. The minimum Gasteiger partial charge on any atom is -0.382 e. The molecule has 24 heavy (non-hydrogen) atoms. The van der Waals surface area contributed by atoms with Gasteiger partial charge in [-0.05, 0) is 29.5 Å². The molecule has 0 fully saturated rings. The number of carbonyl (C=O) groups excluding carboxylic acids is 1. The van der Waals surface area contributed by atoms with E-state index in [1.165, 1.54) is 18.4 Å². The summed E-state index contributed by atoms with van der Waals surface area (Å²) in [6.45, 7) is 2.20. The minimum absolute atomic E-state index is 0.150. The standard InChI is InChI=1S/C21H23NOS/c1-3-4-9-15-10-8-13-17(14-15)18-19(23)20(24-21(18)22-2)16-11-6-5-7-12-16/h5-8,10-14,20,22H,3-4,9H2,1-2H3. The van der Waals surface area contributed by atoms with Crippen LogP contribution in [0, 0.1) is 0 Å². The molecule has 2 nitrogen and oxygen atoms in total. The first-order valence-corrected chi connectivity index (χ1v) is 9.39. The van der Waals surface area contributed by atoms with Crippen molar-refractivity contribution in [1.82, 2.24) is 5.32 Å². The van der Waals surface area contributed by atoms with Gasteiger partial charge in [0, 0.05) is 7.05 Å². The molecule has 0 radical (unpaired) electrons. The van der Waals surface area contributed by atoms with Gasteiger partial charge in [0.1, 0.15) is 0 Å². The summed E-state index contributed by atoms with van der Waals surface area (Å²) in [7, 11) is 1.89. The second kappa shape index (κ2) is 7.71. The van der Waals surface area contributed by atoms with E-state index in [2.05, 4.69) is 30.4 Å². The fraction of sp³-hybridized carbons (Fsp3) is 0.286. The molecule has 2 aromatic carbocycles. The molecule has 0 saturated carbocycles. The van der Waals surface area contributed by atoms with E-state index in [9.17, 15) is 4.79 Å². The Morgan fingerprint density at radius 1 is 1.08 bits per heavy atom. The zero-order valence-electron chi connectivity index (χ0n) is 14.2. The van der Waals surface area contributed by atoms with Crippen molar-refractivity contribution in [2.75, 3.05) is 7.05 Å². The first-order valence-electron chi connectivity index (χ1n) is 8.51. The van der Waals surface area contributed by atoms with E-state index >= 15 is 0 Å². The van der Waals surface area contributed by atoms with Gasteiger partial charge in [0.25, 0.3) is 0 Å². The lowest BCUT2D eigenvalue weighted by Crippen LogP contribution is -2.07. The Kier molecular flexibility index (Phi) is 5.41. The number of nitrogens with one attached hydrogen (secondary N) is 1. The van der Waals surface area contributed by atoms with Crippen molar-refractivity contribution >= 4 is 23.1 Å². The highest BCUT2D eigenvalue weighted by atomic mass is 32.2. The van der Waals surface area contributed by atoms with Crippen molar-refractivity contribution in [2.24, 2.45) is 0 Å². The summed E-state index contributed by atoms with van der Waals surface area (Å²) in [5.74, 6) is 0.197. The SMILES string of the molecule is CCCCc1cccc(C2=C(NC)SC(c3ccccc3)C2=O)c1. The first kappa shape index (κ1) is 16.8. The third kappa shape index (κ3) is 3.41. The molecular formula is C21H23NOS. The van der Waals surface area contributed by atoms with Gasteiger partial charge in [-0.1, -0.05) is 79.7 Å². The molecule has 1 aliphatic heterocycles. The number of Topliss-reactive ketones (excluding diaryl/α,β-unsaturated/α-hetero) is 1. The van der Waals surface area contributed by atoms with Crippen LogP contribution in [-0.4, -0.2) is 12.8 Å². The van der Waals surface area contributed by atoms with Crippen LogP contribution in [0.4, 0.5) is 0 Å². The van der Waals surface area contributed by atoms with Crippen LogP contribution in [0.2, 0.25) is 0 Å². The number of hydrogen-bond donors (Lipinski definition) is 1. The maximum Gasteiger partial charge on any atom is 0.183 e. The minimum atomic E-state index is -0.150. The molecule has 3 heteroatoms.